The van der Waals surface area contributed by atoms with E-state index in [1.165, 1.54) is 11.3 Å². The van der Waals surface area contributed by atoms with Crippen LogP contribution in [-0.2, 0) is 10.0 Å². The Morgan fingerprint density at radius 3 is 2.53 bits per heavy atom. The number of hydrogen-bond acceptors (Lipinski definition) is 5. The van der Waals surface area contributed by atoms with Crippen LogP contribution in [0.15, 0.2) is 71.1 Å². The number of rotatable bonds is 5. The number of nitrogens with one attached hydrogen (secondary N) is 1. The van der Waals surface area contributed by atoms with Crippen LogP contribution in [-0.4, -0.2) is 31.3 Å². The molecule has 0 saturated carbocycles. The minimum Gasteiger partial charge on any atom is -0.284 e. The fraction of sp³-hybridized carbons (Fsp3) is 0.182. The third kappa shape index (κ3) is 4.44. The molecule has 0 aliphatic carbocycles. The van der Waals surface area contributed by atoms with Crippen molar-refractivity contribution in [3.05, 3.63) is 87.6 Å². The summed E-state index contributed by atoms with van der Waals surface area (Å²) in [7, 11) is -3.34. The van der Waals surface area contributed by atoms with E-state index < -0.39 is 10.0 Å². The molecule has 1 amide bonds. The van der Waals surface area contributed by atoms with Gasteiger partial charge >= 0.3 is 0 Å². The standard InChI is InChI=1S/C22H21N3O3S2/c1-15-5-3-6-17(13-15)20-14-19(23-25(20)22(26)21-7-4-12-29-21)16-8-10-18(11-9-16)24-30(2,27)28/h3-13,20,24H,14H2,1-2H3. The van der Waals surface area contributed by atoms with E-state index in [0.717, 1.165) is 28.7 Å². The van der Waals surface area contributed by atoms with Gasteiger partial charge in [0.15, 0.2) is 0 Å². The van der Waals surface area contributed by atoms with Gasteiger partial charge in [-0.25, -0.2) is 13.4 Å². The Morgan fingerprint density at radius 1 is 1.13 bits per heavy atom. The summed E-state index contributed by atoms with van der Waals surface area (Å²) < 4.78 is 25.3. The molecule has 0 bridgehead atoms. The number of carbonyl (C=O) groups excluding carboxylic acids is 1. The highest BCUT2D eigenvalue weighted by atomic mass is 32.2. The molecule has 1 aliphatic heterocycles. The van der Waals surface area contributed by atoms with Gasteiger partial charge in [0.1, 0.15) is 0 Å². The zero-order chi connectivity index (χ0) is 21.3. The van der Waals surface area contributed by atoms with Crippen molar-refractivity contribution < 1.29 is 13.2 Å². The largest absolute Gasteiger partial charge is 0.284 e. The van der Waals surface area contributed by atoms with Gasteiger partial charge in [-0.1, -0.05) is 48.0 Å². The fourth-order valence-corrected chi connectivity index (χ4v) is 4.69. The van der Waals surface area contributed by atoms with E-state index in [2.05, 4.69) is 15.9 Å². The van der Waals surface area contributed by atoms with Crippen molar-refractivity contribution in [3.8, 4) is 0 Å². The Morgan fingerprint density at radius 2 is 1.90 bits per heavy atom. The normalized spacial score (nSPS) is 16.4. The van der Waals surface area contributed by atoms with Crippen molar-refractivity contribution in [1.29, 1.82) is 0 Å². The fourth-order valence-electron chi connectivity index (χ4n) is 3.47. The number of aryl methyl sites for hydroxylation is 1. The number of anilines is 1. The second-order valence-electron chi connectivity index (χ2n) is 7.26. The van der Waals surface area contributed by atoms with Crippen LogP contribution in [0.25, 0.3) is 0 Å². The van der Waals surface area contributed by atoms with E-state index in [9.17, 15) is 13.2 Å². The molecule has 1 atom stereocenters. The van der Waals surface area contributed by atoms with Gasteiger partial charge in [0.05, 0.1) is 22.9 Å². The van der Waals surface area contributed by atoms with E-state index in [1.54, 1.807) is 23.2 Å². The van der Waals surface area contributed by atoms with E-state index >= 15 is 0 Å². The maximum Gasteiger partial charge on any atom is 0.284 e. The van der Waals surface area contributed by atoms with E-state index in [1.807, 2.05) is 48.7 Å². The highest BCUT2D eigenvalue weighted by molar-refractivity contribution is 7.92. The zero-order valence-corrected chi connectivity index (χ0v) is 18.2. The Hall–Kier alpha value is -2.97. The topological polar surface area (TPSA) is 78.8 Å². The lowest BCUT2D eigenvalue weighted by molar-refractivity contribution is 0.0716. The van der Waals surface area contributed by atoms with E-state index in [-0.39, 0.29) is 11.9 Å². The third-order valence-electron chi connectivity index (χ3n) is 4.80. The van der Waals surface area contributed by atoms with Gasteiger partial charge in [0.25, 0.3) is 5.91 Å². The average Bonchev–Trinajstić information content (AvgIpc) is 3.37. The van der Waals surface area contributed by atoms with Crippen LogP contribution in [0.5, 0.6) is 0 Å². The monoisotopic (exact) mass is 439 g/mol. The van der Waals surface area contributed by atoms with Crippen molar-refractivity contribution in [2.75, 3.05) is 11.0 Å². The maximum absolute atomic E-state index is 13.1. The Balaban J connectivity index is 1.67. The van der Waals surface area contributed by atoms with Crippen molar-refractivity contribution in [3.63, 3.8) is 0 Å². The number of sulfonamides is 1. The SMILES string of the molecule is Cc1cccc(C2CC(c3ccc(NS(C)(=O)=O)cc3)=NN2C(=O)c2cccs2)c1. The molecule has 8 heteroatoms. The lowest BCUT2D eigenvalue weighted by Crippen LogP contribution is -2.26. The molecule has 0 saturated heterocycles. The Labute approximate surface area is 179 Å². The molecule has 4 rings (SSSR count). The molecule has 0 fully saturated rings. The molecule has 0 radical (unpaired) electrons. The van der Waals surface area contributed by atoms with Gasteiger partial charge in [-0.05, 0) is 41.6 Å². The van der Waals surface area contributed by atoms with Crippen LogP contribution in [0.2, 0.25) is 0 Å². The Kier molecular flexibility index (Phi) is 5.44. The third-order valence-corrected chi connectivity index (χ3v) is 6.26. The van der Waals surface area contributed by atoms with E-state index in [4.69, 9.17) is 0 Å². The first kappa shape index (κ1) is 20.3. The number of hydrogen-bond donors (Lipinski definition) is 1. The molecule has 2 aromatic carbocycles. The van der Waals surface area contributed by atoms with Crippen LogP contribution < -0.4 is 4.72 Å². The molecule has 1 aliphatic rings. The van der Waals surface area contributed by atoms with Gasteiger partial charge in [-0.2, -0.15) is 5.10 Å². The van der Waals surface area contributed by atoms with Crippen molar-refractivity contribution in [2.24, 2.45) is 5.10 Å². The second kappa shape index (κ2) is 8.04. The lowest BCUT2D eigenvalue weighted by atomic mass is 9.97. The van der Waals surface area contributed by atoms with Crippen LogP contribution in [0.4, 0.5) is 5.69 Å². The summed E-state index contributed by atoms with van der Waals surface area (Å²) in [5.74, 6) is -0.123. The lowest BCUT2D eigenvalue weighted by Gasteiger charge is -2.21. The molecule has 3 aromatic rings. The Bertz CT molecular complexity index is 1200. The van der Waals surface area contributed by atoms with E-state index in [0.29, 0.717) is 17.0 Å². The summed E-state index contributed by atoms with van der Waals surface area (Å²) in [5, 5.41) is 8.12. The number of amides is 1. The van der Waals surface area contributed by atoms with Crippen molar-refractivity contribution >= 4 is 38.7 Å². The van der Waals surface area contributed by atoms with Crippen molar-refractivity contribution in [1.82, 2.24) is 5.01 Å². The quantitative estimate of drug-likeness (QED) is 0.639. The summed E-state index contributed by atoms with van der Waals surface area (Å²) in [6, 6.07) is 18.6. The maximum atomic E-state index is 13.1. The predicted octanol–water partition coefficient (Wildman–Crippen LogP) is 4.42. The van der Waals surface area contributed by atoms with Gasteiger partial charge in [0.2, 0.25) is 10.0 Å². The van der Waals surface area contributed by atoms with Gasteiger partial charge in [-0.3, -0.25) is 9.52 Å². The highest BCUT2D eigenvalue weighted by Crippen LogP contribution is 2.35. The molecule has 6 nitrogen and oxygen atoms in total. The molecule has 0 spiro atoms. The summed E-state index contributed by atoms with van der Waals surface area (Å²) in [4.78, 5) is 13.8. The van der Waals surface area contributed by atoms with Crippen LogP contribution in [0, 0.1) is 6.92 Å². The smallest absolute Gasteiger partial charge is 0.284 e. The summed E-state index contributed by atoms with van der Waals surface area (Å²) >= 11 is 1.40. The summed E-state index contributed by atoms with van der Waals surface area (Å²) in [5.41, 5.74) is 4.29. The van der Waals surface area contributed by atoms with Crippen LogP contribution in [0.1, 0.15) is 38.8 Å². The first-order valence-corrected chi connectivity index (χ1v) is 12.2. The molecule has 1 unspecified atom stereocenters. The number of carbonyl (C=O) groups is 1. The van der Waals surface area contributed by atoms with Gasteiger partial charge < -0.3 is 0 Å². The number of thiophene rings is 1. The minimum atomic E-state index is -3.34. The first-order chi connectivity index (χ1) is 14.3. The van der Waals surface area contributed by atoms with Gasteiger partial charge in [0, 0.05) is 12.1 Å². The van der Waals surface area contributed by atoms with Crippen molar-refractivity contribution in [2.45, 2.75) is 19.4 Å². The minimum absolute atomic E-state index is 0.123. The summed E-state index contributed by atoms with van der Waals surface area (Å²) in [6.45, 7) is 2.03. The van der Waals surface area contributed by atoms with Crippen LogP contribution >= 0.6 is 11.3 Å². The molecule has 1 N–H and O–H groups in total. The molecule has 1 aromatic heterocycles. The number of benzene rings is 2. The molecule has 30 heavy (non-hydrogen) atoms. The summed E-state index contributed by atoms with van der Waals surface area (Å²) in [6.07, 6.45) is 1.70. The number of hydrazone groups is 1. The molecular formula is C22H21N3O3S2. The second-order valence-corrected chi connectivity index (χ2v) is 9.96. The number of nitrogens with zero attached hydrogens (tertiary/aromatic N) is 2. The zero-order valence-electron chi connectivity index (χ0n) is 16.6. The predicted molar refractivity (Wildman–Crippen MR) is 120 cm³/mol. The molecular weight excluding hydrogens is 418 g/mol. The van der Waals surface area contributed by atoms with Crippen LogP contribution in [0.3, 0.4) is 0 Å². The molecule has 154 valence electrons. The molecule has 2 heterocycles. The highest BCUT2D eigenvalue weighted by Gasteiger charge is 2.34. The first-order valence-electron chi connectivity index (χ1n) is 9.39. The van der Waals surface area contributed by atoms with Gasteiger partial charge in [-0.15, -0.1) is 11.3 Å². The average molecular weight is 440 g/mol.